The maximum Gasteiger partial charge on any atom is 2.00 e. The molecule has 0 aliphatic carbocycles. The first kappa shape index (κ1) is 33.0. The van der Waals surface area contributed by atoms with Crippen LogP contribution in [0.2, 0.25) is 0 Å². The summed E-state index contributed by atoms with van der Waals surface area (Å²) in [5, 5.41) is 0. The minimum atomic E-state index is 0. The molecule has 2 radical (unpaired) electrons. The minimum Gasteiger partial charge on any atom is -1.00 e. The molecule has 0 heterocycles. The quantitative estimate of drug-likeness (QED) is 0.408. The molecule has 4 heteroatoms. The van der Waals surface area contributed by atoms with Crippen molar-refractivity contribution in [2.24, 2.45) is 0 Å². The Bertz CT molecular complexity index is 11.5. The van der Waals surface area contributed by atoms with E-state index in [0.717, 1.165) is 0 Å². The smallest absolute Gasteiger partial charge is 1.00 e. The van der Waals surface area contributed by atoms with Crippen molar-refractivity contribution in [1.29, 1.82) is 0 Å². The Kier molecular flexibility index (Phi) is 152. The molecule has 0 amide bonds. The fourth-order valence-corrected chi connectivity index (χ4v) is 0. The number of hydrogen-bond donors (Lipinski definition) is 0. The number of rotatable bonds is 0. The predicted molar refractivity (Wildman–Crippen MR) is 17.9 cm³/mol. The Balaban J connectivity index is 0. The van der Waals surface area contributed by atoms with Crippen molar-refractivity contribution in [2.75, 3.05) is 0 Å². The Labute approximate surface area is 76.7 Å². The first-order chi connectivity index (χ1) is 0. The molecule has 0 aliphatic rings. The van der Waals surface area contributed by atoms with E-state index in [4.69, 9.17) is 0 Å². The molecular formula is H5AlCu2Mg. The van der Waals surface area contributed by atoms with Crippen LogP contribution in [-0.4, -0.2) is 40.4 Å². The van der Waals surface area contributed by atoms with Crippen molar-refractivity contribution in [2.45, 2.75) is 0 Å². The molecule has 4 heavy (non-hydrogen) atoms. The topological polar surface area (TPSA) is 0 Å². The van der Waals surface area contributed by atoms with Crippen molar-refractivity contribution in [1.82, 2.24) is 0 Å². The van der Waals surface area contributed by atoms with Gasteiger partial charge in [0, 0.05) is 34.1 Å². The van der Waals surface area contributed by atoms with E-state index >= 15 is 0 Å². The molecule has 0 spiro atoms. The van der Waals surface area contributed by atoms with Gasteiger partial charge in [-0.2, -0.15) is 0 Å². The Hall–Kier alpha value is 2.34. The van der Waals surface area contributed by atoms with Gasteiger partial charge >= 0.3 is 23.1 Å². The van der Waals surface area contributed by atoms with Crippen LogP contribution in [0.1, 0.15) is 2.85 Å². The summed E-state index contributed by atoms with van der Waals surface area (Å²) in [4.78, 5) is 0. The fourth-order valence-electron chi connectivity index (χ4n) is 0. The van der Waals surface area contributed by atoms with Crippen LogP contribution < -0.4 is 0 Å². The Morgan fingerprint density at radius 1 is 1.00 bits per heavy atom. The molecule has 0 rings (SSSR count). The largest absolute Gasteiger partial charge is 2.00 e. The first-order valence-corrected chi connectivity index (χ1v) is 0. The standard InChI is InChI=1S/Al.2Cu.Mg.5H/q;;;+2;;;;2*-1. The average molecular weight is 183 g/mol. The Morgan fingerprint density at radius 2 is 1.00 bits per heavy atom. The van der Waals surface area contributed by atoms with Crippen molar-refractivity contribution in [3.05, 3.63) is 0 Å². The molecule has 32 valence electrons. The van der Waals surface area contributed by atoms with Crippen LogP contribution in [0, 0.1) is 0 Å². The van der Waals surface area contributed by atoms with Gasteiger partial charge in [-0.25, -0.2) is 0 Å². The molecule has 0 aliphatic heterocycles. The zero-order valence-corrected chi connectivity index (χ0v) is 4.61. The van der Waals surface area contributed by atoms with E-state index in [9.17, 15) is 0 Å². The summed E-state index contributed by atoms with van der Waals surface area (Å²) in [6.45, 7) is 0. The summed E-state index contributed by atoms with van der Waals surface area (Å²) in [5.41, 5.74) is 0. The van der Waals surface area contributed by atoms with Crippen LogP contribution >= 0.6 is 0 Å². The van der Waals surface area contributed by atoms with E-state index in [-0.39, 0.29) is 77.4 Å². The average Bonchev–Trinajstić information content (AvgIpc) is 0. The molecule has 0 aromatic rings. The zero-order chi connectivity index (χ0) is 0. The second kappa shape index (κ2) is 18.4. The summed E-state index contributed by atoms with van der Waals surface area (Å²) in [7, 11) is 0. The molecular weight excluding hydrogens is 178 g/mol. The zero-order valence-electron chi connectivity index (χ0n) is 3.31. The van der Waals surface area contributed by atoms with E-state index < -0.39 is 0 Å². The summed E-state index contributed by atoms with van der Waals surface area (Å²) in [6, 6.07) is 0. The maximum absolute atomic E-state index is 0. The predicted octanol–water partition coefficient (Wildman–Crippen LogP) is -1.34. The third-order valence-electron chi connectivity index (χ3n) is 0. The van der Waals surface area contributed by atoms with E-state index in [1.165, 1.54) is 0 Å². The van der Waals surface area contributed by atoms with Crippen molar-refractivity contribution >= 4 is 40.4 Å². The van der Waals surface area contributed by atoms with Gasteiger partial charge < -0.3 is 2.85 Å². The minimum absolute atomic E-state index is 0. The molecule has 0 saturated carbocycles. The fraction of sp³-hybridized carbons (Fsp3) is 0. The monoisotopic (exact) mass is 182 g/mol. The molecule has 0 atom stereocenters. The van der Waals surface area contributed by atoms with Crippen molar-refractivity contribution in [3.8, 4) is 0 Å². The van der Waals surface area contributed by atoms with Crippen LogP contribution in [0.25, 0.3) is 0 Å². The van der Waals surface area contributed by atoms with Crippen LogP contribution in [0.4, 0.5) is 0 Å². The molecule has 0 saturated heterocycles. The third-order valence-corrected chi connectivity index (χ3v) is 0. The second-order valence-corrected chi connectivity index (χ2v) is 0. The van der Waals surface area contributed by atoms with Gasteiger partial charge in [-0.1, -0.05) is 0 Å². The van der Waals surface area contributed by atoms with Crippen LogP contribution in [0.15, 0.2) is 0 Å². The SMILES string of the molecule is [AlH3].[Cu].[Cu].[H-].[H-].[Mg+2]. The molecule has 0 fully saturated rings. The third kappa shape index (κ3) is 8.84. The summed E-state index contributed by atoms with van der Waals surface area (Å²) in [5.74, 6) is 0. The van der Waals surface area contributed by atoms with Crippen LogP contribution in [-0.2, 0) is 34.1 Å². The van der Waals surface area contributed by atoms with Gasteiger partial charge in [0.1, 0.15) is 0 Å². The van der Waals surface area contributed by atoms with Crippen LogP contribution in [0.5, 0.6) is 0 Å². The second-order valence-electron chi connectivity index (χ2n) is 0. The normalized spacial score (nSPS) is 0. The molecule has 0 N–H and O–H groups in total. The summed E-state index contributed by atoms with van der Waals surface area (Å²) in [6.07, 6.45) is 0. The van der Waals surface area contributed by atoms with E-state index in [1.807, 2.05) is 0 Å². The van der Waals surface area contributed by atoms with E-state index in [0.29, 0.717) is 0 Å². The Morgan fingerprint density at radius 3 is 1.00 bits per heavy atom. The van der Waals surface area contributed by atoms with Gasteiger partial charge in [0.2, 0.25) is 0 Å². The molecule has 0 unspecified atom stereocenters. The maximum atomic E-state index is 0. The van der Waals surface area contributed by atoms with Gasteiger partial charge in [0.15, 0.2) is 17.4 Å². The molecule has 0 bridgehead atoms. The summed E-state index contributed by atoms with van der Waals surface area (Å²) < 4.78 is 0. The van der Waals surface area contributed by atoms with Crippen LogP contribution in [0.3, 0.4) is 0 Å². The summed E-state index contributed by atoms with van der Waals surface area (Å²) >= 11 is 0. The van der Waals surface area contributed by atoms with Gasteiger partial charge in [-0.15, -0.1) is 0 Å². The van der Waals surface area contributed by atoms with E-state index in [1.54, 1.807) is 0 Å². The van der Waals surface area contributed by atoms with Crippen molar-refractivity contribution < 1.29 is 37.0 Å². The van der Waals surface area contributed by atoms with Gasteiger partial charge in [0.25, 0.3) is 0 Å². The van der Waals surface area contributed by atoms with E-state index in [2.05, 4.69) is 0 Å². The number of hydrogen-bond acceptors (Lipinski definition) is 0. The molecule has 0 aromatic carbocycles. The van der Waals surface area contributed by atoms with Crippen molar-refractivity contribution in [3.63, 3.8) is 0 Å². The molecule has 0 aromatic heterocycles. The van der Waals surface area contributed by atoms with Gasteiger partial charge in [-0.05, 0) is 0 Å². The van der Waals surface area contributed by atoms with Gasteiger partial charge in [-0.3, -0.25) is 0 Å². The van der Waals surface area contributed by atoms with Gasteiger partial charge in [0.05, 0.1) is 0 Å². The molecule has 0 nitrogen and oxygen atoms in total. The first-order valence-electron chi connectivity index (χ1n) is 0.